The molecule has 144 valence electrons. The van der Waals surface area contributed by atoms with Crippen molar-refractivity contribution in [1.82, 2.24) is 19.7 Å². The summed E-state index contributed by atoms with van der Waals surface area (Å²) in [6.07, 6.45) is 12.9. The highest BCUT2D eigenvalue weighted by atomic mass is 16.2. The van der Waals surface area contributed by atoms with Gasteiger partial charge in [-0.25, -0.2) is 0 Å². The van der Waals surface area contributed by atoms with Crippen molar-refractivity contribution >= 4 is 5.91 Å². The molecule has 3 fully saturated rings. The smallest absolute Gasteiger partial charge is 0.225 e. The summed E-state index contributed by atoms with van der Waals surface area (Å²) in [5.74, 6) is 2.88. The highest BCUT2D eigenvalue weighted by Crippen LogP contribution is 2.52. The van der Waals surface area contributed by atoms with E-state index >= 15 is 0 Å². The molecule has 0 bridgehead atoms. The zero-order valence-electron chi connectivity index (χ0n) is 16.5. The van der Waals surface area contributed by atoms with Crippen LogP contribution in [0, 0.1) is 17.3 Å². The summed E-state index contributed by atoms with van der Waals surface area (Å²) < 4.78 is 2.31. The molecule has 2 heterocycles. The lowest BCUT2D eigenvalue weighted by Crippen LogP contribution is -2.37. The monoisotopic (exact) mass is 358 g/mol. The van der Waals surface area contributed by atoms with Crippen molar-refractivity contribution in [3.05, 3.63) is 12.2 Å². The Morgan fingerprint density at radius 3 is 2.62 bits per heavy atom. The fourth-order valence-electron chi connectivity index (χ4n) is 5.40. The van der Waals surface area contributed by atoms with Gasteiger partial charge in [0.1, 0.15) is 12.2 Å². The van der Waals surface area contributed by atoms with Crippen molar-refractivity contribution in [2.45, 2.75) is 84.1 Å². The van der Waals surface area contributed by atoms with E-state index in [9.17, 15) is 4.79 Å². The molecule has 1 aliphatic heterocycles. The standard InChI is InChI=1S/C21H34N4O/c1-3-17(4-2)20(26)24-13-18(21(14-24)10-6-5-7-11-21)19-23-22-15-25(19)12-16-8-9-16/h15-18H,3-14H2,1-2H3. The maximum absolute atomic E-state index is 13.1. The minimum atomic E-state index is 0.179. The first-order valence-electron chi connectivity index (χ1n) is 10.8. The number of hydrogen-bond acceptors (Lipinski definition) is 3. The number of likely N-dealkylation sites (tertiary alicyclic amines) is 1. The summed E-state index contributed by atoms with van der Waals surface area (Å²) in [6.45, 7) is 7.13. The molecule has 1 spiro atoms. The molecule has 3 aliphatic rings. The summed E-state index contributed by atoms with van der Waals surface area (Å²) in [7, 11) is 0. The Bertz CT molecular complexity index is 626. The zero-order valence-corrected chi connectivity index (χ0v) is 16.5. The van der Waals surface area contributed by atoms with Gasteiger partial charge in [-0.3, -0.25) is 4.79 Å². The topological polar surface area (TPSA) is 51.0 Å². The molecule has 5 heteroatoms. The number of hydrogen-bond donors (Lipinski definition) is 0. The lowest BCUT2D eigenvalue weighted by atomic mass is 9.67. The maximum atomic E-state index is 13.1. The SMILES string of the molecule is CCC(CC)C(=O)N1CC(c2nncn2CC2CC2)C2(CCCCC2)C1. The first-order valence-corrected chi connectivity index (χ1v) is 10.8. The third kappa shape index (κ3) is 3.29. The van der Waals surface area contributed by atoms with E-state index in [-0.39, 0.29) is 11.3 Å². The van der Waals surface area contributed by atoms with Gasteiger partial charge < -0.3 is 9.47 Å². The minimum Gasteiger partial charge on any atom is -0.341 e. The number of carbonyl (C=O) groups is 1. The summed E-state index contributed by atoms with van der Waals surface area (Å²) in [6, 6.07) is 0. The Labute approximate surface area is 157 Å². The third-order valence-corrected chi connectivity index (χ3v) is 7.25. The van der Waals surface area contributed by atoms with Crippen LogP contribution < -0.4 is 0 Å². The van der Waals surface area contributed by atoms with Gasteiger partial charge in [-0.1, -0.05) is 33.1 Å². The minimum absolute atomic E-state index is 0.179. The van der Waals surface area contributed by atoms with E-state index in [0.717, 1.165) is 44.2 Å². The predicted molar refractivity (Wildman–Crippen MR) is 102 cm³/mol. The van der Waals surface area contributed by atoms with Crippen LogP contribution in [0.15, 0.2) is 6.33 Å². The van der Waals surface area contributed by atoms with E-state index in [1.807, 2.05) is 6.33 Å². The van der Waals surface area contributed by atoms with Gasteiger partial charge in [0.2, 0.25) is 5.91 Å². The molecule has 1 unspecified atom stereocenters. The Morgan fingerprint density at radius 2 is 1.96 bits per heavy atom. The van der Waals surface area contributed by atoms with Gasteiger partial charge in [0.25, 0.3) is 0 Å². The Balaban J connectivity index is 1.60. The van der Waals surface area contributed by atoms with Crippen LogP contribution >= 0.6 is 0 Å². The third-order valence-electron chi connectivity index (χ3n) is 7.25. The average molecular weight is 359 g/mol. The number of nitrogens with zero attached hydrogens (tertiary/aromatic N) is 4. The van der Waals surface area contributed by atoms with Gasteiger partial charge in [-0.15, -0.1) is 10.2 Å². The van der Waals surface area contributed by atoms with Crippen LogP contribution in [0.1, 0.15) is 83.4 Å². The van der Waals surface area contributed by atoms with E-state index in [1.54, 1.807) is 0 Å². The Hall–Kier alpha value is -1.39. The Morgan fingerprint density at radius 1 is 1.23 bits per heavy atom. The first kappa shape index (κ1) is 18.0. The number of amides is 1. The van der Waals surface area contributed by atoms with E-state index in [2.05, 4.69) is 33.5 Å². The van der Waals surface area contributed by atoms with Crippen LogP contribution in [0.4, 0.5) is 0 Å². The first-order chi connectivity index (χ1) is 12.7. The average Bonchev–Trinajstić information content (AvgIpc) is 3.24. The fourth-order valence-corrected chi connectivity index (χ4v) is 5.40. The van der Waals surface area contributed by atoms with Crippen molar-refractivity contribution in [3.8, 4) is 0 Å². The molecule has 26 heavy (non-hydrogen) atoms. The molecular weight excluding hydrogens is 324 g/mol. The normalized spacial score (nSPS) is 25.3. The van der Waals surface area contributed by atoms with Gasteiger partial charge >= 0.3 is 0 Å². The van der Waals surface area contributed by atoms with Gasteiger partial charge in [0, 0.05) is 31.5 Å². The predicted octanol–water partition coefficient (Wildman–Crippen LogP) is 4.00. The van der Waals surface area contributed by atoms with Crippen LogP contribution in [0.25, 0.3) is 0 Å². The molecule has 1 saturated heterocycles. The number of carbonyl (C=O) groups excluding carboxylic acids is 1. The fraction of sp³-hybridized carbons (Fsp3) is 0.857. The Kier molecular flexibility index (Phi) is 5.07. The molecule has 2 aliphatic carbocycles. The number of rotatable bonds is 6. The van der Waals surface area contributed by atoms with Gasteiger partial charge in [-0.05, 0) is 49.9 Å². The molecule has 1 atom stereocenters. The molecule has 5 nitrogen and oxygen atoms in total. The summed E-state index contributed by atoms with van der Waals surface area (Å²) in [5.41, 5.74) is 0.230. The lowest BCUT2D eigenvalue weighted by molar-refractivity contribution is -0.135. The second kappa shape index (κ2) is 7.32. The van der Waals surface area contributed by atoms with Crippen LogP contribution in [-0.4, -0.2) is 38.7 Å². The lowest BCUT2D eigenvalue weighted by Gasteiger charge is -2.37. The van der Waals surface area contributed by atoms with E-state index < -0.39 is 0 Å². The molecule has 1 aromatic heterocycles. The maximum Gasteiger partial charge on any atom is 0.225 e. The van der Waals surface area contributed by atoms with Crippen LogP contribution in [0.2, 0.25) is 0 Å². The second-order valence-corrected chi connectivity index (χ2v) is 8.99. The van der Waals surface area contributed by atoms with Crippen molar-refractivity contribution in [2.75, 3.05) is 13.1 Å². The molecule has 1 amide bonds. The van der Waals surface area contributed by atoms with Crippen LogP contribution in [-0.2, 0) is 11.3 Å². The van der Waals surface area contributed by atoms with Crippen molar-refractivity contribution in [1.29, 1.82) is 0 Å². The van der Waals surface area contributed by atoms with Gasteiger partial charge in [0.05, 0.1) is 0 Å². The van der Waals surface area contributed by atoms with E-state index in [0.29, 0.717) is 11.8 Å². The van der Waals surface area contributed by atoms with Crippen LogP contribution in [0.5, 0.6) is 0 Å². The summed E-state index contributed by atoms with van der Waals surface area (Å²) in [5, 5.41) is 8.85. The molecular formula is C21H34N4O. The zero-order chi connectivity index (χ0) is 18.1. The largest absolute Gasteiger partial charge is 0.341 e. The summed E-state index contributed by atoms with van der Waals surface area (Å²) >= 11 is 0. The summed E-state index contributed by atoms with van der Waals surface area (Å²) in [4.78, 5) is 15.3. The van der Waals surface area contributed by atoms with Gasteiger partial charge in [-0.2, -0.15) is 0 Å². The molecule has 4 rings (SSSR count). The molecule has 0 aromatic carbocycles. The van der Waals surface area contributed by atoms with Crippen molar-refractivity contribution < 1.29 is 4.79 Å². The van der Waals surface area contributed by atoms with Crippen molar-refractivity contribution in [2.24, 2.45) is 17.3 Å². The van der Waals surface area contributed by atoms with Crippen molar-refractivity contribution in [3.63, 3.8) is 0 Å². The molecule has 2 saturated carbocycles. The highest BCUT2D eigenvalue weighted by molar-refractivity contribution is 5.79. The second-order valence-electron chi connectivity index (χ2n) is 8.99. The van der Waals surface area contributed by atoms with Crippen LogP contribution in [0.3, 0.4) is 0 Å². The number of aromatic nitrogens is 3. The van der Waals surface area contributed by atoms with E-state index in [4.69, 9.17) is 0 Å². The van der Waals surface area contributed by atoms with E-state index in [1.165, 1.54) is 44.9 Å². The molecule has 0 radical (unpaired) electrons. The quantitative estimate of drug-likeness (QED) is 0.772. The molecule has 0 N–H and O–H groups in total. The molecule has 1 aromatic rings. The van der Waals surface area contributed by atoms with Gasteiger partial charge in [0.15, 0.2) is 0 Å². The highest BCUT2D eigenvalue weighted by Gasteiger charge is 2.51.